The minimum absolute atomic E-state index is 0.0937. The zero-order valence-corrected chi connectivity index (χ0v) is 7.36. The Morgan fingerprint density at radius 3 is 2.55 bits per heavy atom. The number of carbonyl (C=O) groups excluding carboxylic acids is 1. The van der Waals surface area contributed by atoms with Crippen molar-refractivity contribution in [3.63, 3.8) is 0 Å². The molecule has 1 radical (unpaired) electrons. The van der Waals surface area contributed by atoms with Gasteiger partial charge in [0.15, 0.2) is 0 Å². The third-order valence-corrected chi connectivity index (χ3v) is 2.20. The van der Waals surface area contributed by atoms with Crippen molar-refractivity contribution in [2.24, 2.45) is 0 Å². The Kier molecular flexibility index (Phi) is 3.77. The fraction of sp³-hybridized carbons (Fsp3) is 0.875. The van der Waals surface area contributed by atoms with E-state index in [2.05, 4.69) is 12.6 Å². The largest absolute Gasteiger partial charge is 0.462 e. The van der Waals surface area contributed by atoms with Gasteiger partial charge in [0.05, 0.1) is 0 Å². The predicted octanol–water partition coefficient (Wildman–Crippen LogP) is 2.06. The van der Waals surface area contributed by atoms with Crippen molar-refractivity contribution >= 4 is 18.6 Å². The van der Waals surface area contributed by atoms with E-state index >= 15 is 0 Å². The third kappa shape index (κ3) is 3.14. The number of rotatable bonds is 2. The van der Waals surface area contributed by atoms with Crippen molar-refractivity contribution in [2.75, 3.05) is 5.75 Å². The molecule has 0 N–H and O–H groups in total. The summed E-state index contributed by atoms with van der Waals surface area (Å²) in [5, 5.41) is 0. The zero-order valence-electron chi connectivity index (χ0n) is 6.54. The van der Waals surface area contributed by atoms with Gasteiger partial charge in [-0.05, 0) is 25.7 Å². The van der Waals surface area contributed by atoms with Crippen LogP contribution >= 0.6 is 12.6 Å². The molecule has 0 heterocycles. The summed E-state index contributed by atoms with van der Waals surface area (Å²) in [7, 11) is 0. The molecule has 0 unspecified atom stereocenters. The van der Waals surface area contributed by atoms with E-state index in [-0.39, 0.29) is 17.8 Å². The van der Waals surface area contributed by atoms with Crippen molar-refractivity contribution < 1.29 is 9.53 Å². The Hall–Kier alpha value is -0.180. The highest BCUT2D eigenvalue weighted by Crippen LogP contribution is 2.20. The van der Waals surface area contributed by atoms with Gasteiger partial charge in [-0.2, -0.15) is 0 Å². The number of esters is 1. The molecule has 2 nitrogen and oxygen atoms in total. The van der Waals surface area contributed by atoms with Gasteiger partial charge in [-0.3, -0.25) is 4.79 Å². The number of hydrogen-bond donors (Lipinski definition) is 0. The van der Waals surface area contributed by atoms with Gasteiger partial charge < -0.3 is 4.74 Å². The highest BCUT2D eigenvalue weighted by Gasteiger charge is 2.16. The molecule has 0 aromatic heterocycles. The standard InChI is InChI=1S/C8H13O2S/c9-8(6-11)10-7-4-2-1-3-5-7/h7H,1-6H2. The summed E-state index contributed by atoms with van der Waals surface area (Å²) < 4.78 is 5.10. The van der Waals surface area contributed by atoms with Crippen LogP contribution < -0.4 is 0 Å². The molecule has 0 aromatic carbocycles. The van der Waals surface area contributed by atoms with E-state index < -0.39 is 0 Å². The van der Waals surface area contributed by atoms with E-state index in [0.29, 0.717) is 0 Å². The SMILES string of the molecule is O=C(C[S])OC1CCCCC1. The smallest absolute Gasteiger partial charge is 0.317 e. The van der Waals surface area contributed by atoms with Crippen LogP contribution in [0, 0.1) is 0 Å². The second kappa shape index (κ2) is 4.65. The van der Waals surface area contributed by atoms with Crippen LogP contribution in [-0.4, -0.2) is 17.8 Å². The second-order valence-corrected chi connectivity index (χ2v) is 3.18. The van der Waals surface area contributed by atoms with E-state index in [4.69, 9.17) is 4.74 Å². The molecule has 0 amide bonds. The first-order chi connectivity index (χ1) is 5.33. The maximum Gasteiger partial charge on any atom is 0.317 e. The van der Waals surface area contributed by atoms with Crippen LogP contribution in [-0.2, 0) is 9.53 Å². The number of hydrogen-bond acceptors (Lipinski definition) is 2. The summed E-state index contributed by atoms with van der Waals surface area (Å²) in [4.78, 5) is 10.8. The quantitative estimate of drug-likeness (QED) is 0.597. The minimum Gasteiger partial charge on any atom is -0.462 e. The zero-order chi connectivity index (χ0) is 8.10. The first-order valence-corrected chi connectivity index (χ1v) is 4.68. The van der Waals surface area contributed by atoms with Gasteiger partial charge >= 0.3 is 5.97 Å². The lowest BCUT2D eigenvalue weighted by Gasteiger charge is -2.21. The van der Waals surface area contributed by atoms with Gasteiger partial charge in [0, 0.05) is 0 Å². The predicted molar refractivity (Wildman–Crippen MR) is 45.4 cm³/mol. The fourth-order valence-corrected chi connectivity index (χ4v) is 1.47. The highest BCUT2D eigenvalue weighted by molar-refractivity contribution is 7.81. The maximum atomic E-state index is 10.8. The molecule has 63 valence electrons. The Bertz CT molecular complexity index is 130. The van der Waals surface area contributed by atoms with Gasteiger partial charge in [-0.15, -0.1) is 0 Å². The van der Waals surface area contributed by atoms with Crippen molar-refractivity contribution in [3.8, 4) is 0 Å². The average molecular weight is 173 g/mol. The molecule has 0 aromatic rings. The summed E-state index contributed by atoms with van der Waals surface area (Å²) in [6.07, 6.45) is 5.88. The van der Waals surface area contributed by atoms with Crippen LogP contribution in [0.15, 0.2) is 0 Å². The molecule has 0 spiro atoms. The Labute approximate surface area is 72.7 Å². The second-order valence-electron chi connectivity index (χ2n) is 2.89. The lowest BCUT2D eigenvalue weighted by atomic mass is 9.98. The van der Waals surface area contributed by atoms with Crippen LogP contribution in [0.3, 0.4) is 0 Å². The monoisotopic (exact) mass is 173 g/mol. The van der Waals surface area contributed by atoms with Crippen LogP contribution in [0.4, 0.5) is 0 Å². The molecule has 11 heavy (non-hydrogen) atoms. The van der Waals surface area contributed by atoms with Gasteiger partial charge in [0.2, 0.25) is 0 Å². The summed E-state index contributed by atoms with van der Waals surface area (Å²) >= 11 is 4.57. The van der Waals surface area contributed by atoms with Crippen molar-refractivity contribution in [2.45, 2.75) is 38.2 Å². The Morgan fingerprint density at radius 2 is 2.00 bits per heavy atom. The lowest BCUT2D eigenvalue weighted by Crippen LogP contribution is -2.21. The molecule has 0 atom stereocenters. The summed E-state index contributed by atoms with van der Waals surface area (Å²) in [6.45, 7) is 0. The van der Waals surface area contributed by atoms with Crippen LogP contribution in [0.25, 0.3) is 0 Å². The molecule has 0 aliphatic heterocycles. The molecule has 3 heteroatoms. The average Bonchev–Trinajstić information content (AvgIpc) is 2.06. The Morgan fingerprint density at radius 1 is 1.36 bits per heavy atom. The summed E-state index contributed by atoms with van der Waals surface area (Å²) in [5.74, 6) is -0.136. The topological polar surface area (TPSA) is 26.3 Å². The van der Waals surface area contributed by atoms with E-state index in [9.17, 15) is 4.79 Å². The van der Waals surface area contributed by atoms with E-state index in [1.807, 2.05) is 0 Å². The van der Waals surface area contributed by atoms with Crippen molar-refractivity contribution in [1.29, 1.82) is 0 Å². The lowest BCUT2D eigenvalue weighted by molar-refractivity contribution is -0.147. The number of ether oxygens (including phenoxy) is 1. The first-order valence-electron chi connectivity index (χ1n) is 4.10. The summed E-state index contributed by atoms with van der Waals surface area (Å²) in [6, 6.07) is 0. The molecular formula is C8H13O2S. The highest BCUT2D eigenvalue weighted by atomic mass is 32.1. The van der Waals surface area contributed by atoms with Gasteiger partial charge in [0.25, 0.3) is 0 Å². The molecule has 1 rings (SSSR count). The molecule has 1 fully saturated rings. The van der Waals surface area contributed by atoms with Crippen molar-refractivity contribution in [3.05, 3.63) is 0 Å². The molecular weight excluding hydrogens is 160 g/mol. The first kappa shape index (κ1) is 8.91. The summed E-state index contributed by atoms with van der Waals surface area (Å²) in [5.41, 5.74) is 0. The van der Waals surface area contributed by atoms with E-state index in [1.165, 1.54) is 19.3 Å². The van der Waals surface area contributed by atoms with Crippen molar-refractivity contribution in [1.82, 2.24) is 0 Å². The number of carbonyl (C=O) groups is 1. The molecule has 1 aliphatic rings. The third-order valence-electron chi connectivity index (χ3n) is 1.97. The van der Waals surface area contributed by atoms with Crippen LogP contribution in [0.5, 0.6) is 0 Å². The van der Waals surface area contributed by atoms with Gasteiger partial charge in [-0.1, -0.05) is 19.0 Å². The maximum absolute atomic E-state index is 10.8. The molecule has 1 aliphatic carbocycles. The molecule has 1 saturated carbocycles. The normalized spacial score (nSPS) is 19.7. The van der Waals surface area contributed by atoms with E-state index in [0.717, 1.165) is 12.8 Å². The fourth-order valence-electron chi connectivity index (χ4n) is 1.40. The molecule has 0 bridgehead atoms. The minimum atomic E-state index is -0.230. The van der Waals surface area contributed by atoms with Gasteiger partial charge in [0.1, 0.15) is 11.9 Å². The molecule has 0 saturated heterocycles. The van der Waals surface area contributed by atoms with Gasteiger partial charge in [-0.25, -0.2) is 0 Å². The Balaban J connectivity index is 2.19. The van der Waals surface area contributed by atoms with Crippen LogP contribution in [0.1, 0.15) is 32.1 Å². The van der Waals surface area contributed by atoms with E-state index in [1.54, 1.807) is 0 Å². The van der Waals surface area contributed by atoms with Crippen LogP contribution in [0.2, 0.25) is 0 Å².